The average Bonchev–Trinajstić information content (AvgIpc) is 3.07. The number of nitrogens with zero attached hydrogens (tertiary/aromatic N) is 2. The number of rotatable bonds is 6. The summed E-state index contributed by atoms with van der Waals surface area (Å²) in [7, 11) is 0. The molecule has 1 aromatic carbocycles. The molecule has 158 valence electrons. The summed E-state index contributed by atoms with van der Waals surface area (Å²) >= 11 is 1.62. The molecule has 0 unspecified atom stereocenters. The molecule has 1 aliphatic rings. The first-order valence-electron chi connectivity index (χ1n) is 10.3. The number of para-hydroxylation sites is 1. The van der Waals surface area contributed by atoms with Crippen molar-refractivity contribution < 1.29 is 14.3 Å². The van der Waals surface area contributed by atoms with Crippen LogP contribution in [0.25, 0.3) is 0 Å². The minimum Gasteiger partial charge on any atom is -0.481 e. The van der Waals surface area contributed by atoms with Gasteiger partial charge in [-0.15, -0.1) is 11.3 Å². The van der Waals surface area contributed by atoms with E-state index in [0.29, 0.717) is 23.8 Å². The number of fused-ring (bicyclic) bond motifs is 1. The molecule has 5 nitrogen and oxygen atoms in total. The van der Waals surface area contributed by atoms with Crippen molar-refractivity contribution in [2.75, 3.05) is 13.2 Å². The molecular weight excluding hydrogens is 396 g/mol. The molecule has 0 saturated heterocycles. The Morgan fingerprint density at radius 3 is 2.83 bits per heavy atom. The van der Waals surface area contributed by atoms with Crippen LogP contribution in [0.15, 0.2) is 29.3 Å². The molecule has 0 spiro atoms. The third-order valence-electron chi connectivity index (χ3n) is 5.47. The van der Waals surface area contributed by atoms with E-state index in [1.165, 1.54) is 10.4 Å². The van der Waals surface area contributed by atoms with Gasteiger partial charge in [0.1, 0.15) is 16.8 Å². The fraction of sp³-hybridized carbons (Fsp3) is 0.458. The summed E-state index contributed by atoms with van der Waals surface area (Å²) in [6.07, 6.45) is 4.76. The second kappa shape index (κ2) is 9.44. The summed E-state index contributed by atoms with van der Waals surface area (Å²) in [5.74, 6) is 0.765. The predicted molar refractivity (Wildman–Crippen MR) is 120 cm³/mol. The van der Waals surface area contributed by atoms with E-state index in [1.54, 1.807) is 30.5 Å². The summed E-state index contributed by atoms with van der Waals surface area (Å²) in [5.41, 5.74) is 2.88. The van der Waals surface area contributed by atoms with E-state index in [-0.39, 0.29) is 12.0 Å². The first-order valence-corrected chi connectivity index (χ1v) is 11.1. The van der Waals surface area contributed by atoms with Gasteiger partial charge in [0, 0.05) is 16.7 Å². The molecule has 3 rings (SSSR count). The number of hydrogen-bond donors (Lipinski definition) is 0. The molecule has 1 aromatic heterocycles. The third kappa shape index (κ3) is 5.09. The lowest BCUT2D eigenvalue weighted by molar-refractivity contribution is -0.145. The van der Waals surface area contributed by atoms with Gasteiger partial charge in [0.05, 0.1) is 12.2 Å². The third-order valence-corrected chi connectivity index (χ3v) is 6.64. The largest absolute Gasteiger partial charge is 0.481 e. The number of nitriles is 1. The van der Waals surface area contributed by atoms with E-state index in [0.717, 1.165) is 29.8 Å². The van der Waals surface area contributed by atoms with Gasteiger partial charge in [-0.1, -0.05) is 32.9 Å². The monoisotopic (exact) mass is 424 g/mol. The van der Waals surface area contributed by atoms with Crippen molar-refractivity contribution in [1.82, 2.24) is 0 Å². The average molecular weight is 425 g/mol. The minimum absolute atomic E-state index is 0.149. The number of benzene rings is 1. The van der Waals surface area contributed by atoms with E-state index in [1.807, 2.05) is 18.2 Å². The van der Waals surface area contributed by atoms with Crippen molar-refractivity contribution in [3.63, 3.8) is 0 Å². The highest BCUT2D eigenvalue weighted by Gasteiger charge is 2.32. The Balaban J connectivity index is 1.82. The number of hydrogen-bond acceptors (Lipinski definition) is 6. The van der Waals surface area contributed by atoms with E-state index in [2.05, 4.69) is 31.8 Å². The lowest BCUT2D eigenvalue weighted by atomic mass is 9.72. The maximum Gasteiger partial charge on any atom is 0.344 e. The van der Waals surface area contributed by atoms with Crippen molar-refractivity contribution in [2.45, 2.75) is 47.0 Å². The van der Waals surface area contributed by atoms with Gasteiger partial charge in [-0.3, -0.25) is 0 Å². The van der Waals surface area contributed by atoms with Crippen molar-refractivity contribution >= 4 is 28.5 Å². The van der Waals surface area contributed by atoms with Crippen LogP contribution in [-0.2, 0) is 22.4 Å². The fourth-order valence-corrected chi connectivity index (χ4v) is 4.92. The van der Waals surface area contributed by atoms with E-state index in [9.17, 15) is 10.1 Å². The van der Waals surface area contributed by atoms with Gasteiger partial charge in [0.2, 0.25) is 0 Å². The molecule has 1 heterocycles. The molecule has 0 fully saturated rings. The summed E-state index contributed by atoms with van der Waals surface area (Å²) in [5, 5.41) is 10.5. The van der Waals surface area contributed by atoms with Crippen molar-refractivity contribution in [1.29, 1.82) is 5.26 Å². The molecule has 1 aliphatic carbocycles. The zero-order valence-electron chi connectivity index (χ0n) is 18.0. The number of carbonyl (C=O) groups excluding carboxylic acids is 1. The van der Waals surface area contributed by atoms with Crippen LogP contribution >= 0.6 is 11.3 Å². The van der Waals surface area contributed by atoms with Gasteiger partial charge in [-0.2, -0.15) is 5.26 Å². The molecule has 0 aliphatic heterocycles. The molecule has 0 bridgehead atoms. The minimum atomic E-state index is -0.407. The number of aliphatic imine (C=N–C) groups is 1. The van der Waals surface area contributed by atoms with Crippen LogP contribution in [0.2, 0.25) is 0 Å². The van der Waals surface area contributed by atoms with Crippen LogP contribution in [-0.4, -0.2) is 25.4 Å². The smallest absolute Gasteiger partial charge is 0.344 e. The lowest BCUT2D eigenvalue weighted by Gasteiger charge is -2.33. The van der Waals surface area contributed by atoms with Gasteiger partial charge in [-0.25, -0.2) is 9.79 Å². The first-order chi connectivity index (χ1) is 14.3. The summed E-state index contributed by atoms with van der Waals surface area (Å²) in [4.78, 5) is 17.5. The van der Waals surface area contributed by atoms with Gasteiger partial charge >= 0.3 is 5.97 Å². The molecule has 0 saturated carbocycles. The molecular formula is C24H28N2O3S. The SMILES string of the molecule is CCOC(=O)COc1ccccc1C=Nc1sc2c(c1C#N)CC[C@H](C(C)(C)C)C2. The molecule has 2 aromatic rings. The van der Waals surface area contributed by atoms with Crippen LogP contribution < -0.4 is 4.74 Å². The predicted octanol–water partition coefficient (Wildman–Crippen LogP) is 5.46. The Morgan fingerprint density at radius 1 is 1.37 bits per heavy atom. The molecule has 1 atom stereocenters. The first kappa shape index (κ1) is 22.0. The van der Waals surface area contributed by atoms with Gasteiger partial charge in [0.15, 0.2) is 6.61 Å². The zero-order chi connectivity index (χ0) is 21.7. The summed E-state index contributed by atoms with van der Waals surface area (Å²) in [6.45, 7) is 8.79. The highest BCUT2D eigenvalue weighted by atomic mass is 32.1. The number of esters is 1. The molecule has 30 heavy (non-hydrogen) atoms. The molecule has 0 amide bonds. The number of thiophene rings is 1. The topological polar surface area (TPSA) is 71.7 Å². The quantitative estimate of drug-likeness (QED) is 0.456. The van der Waals surface area contributed by atoms with E-state index in [4.69, 9.17) is 9.47 Å². The second-order valence-corrected chi connectivity index (χ2v) is 9.57. The number of ether oxygens (including phenoxy) is 2. The Hall–Kier alpha value is -2.65. The van der Waals surface area contributed by atoms with Crippen LogP contribution in [0.5, 0.6) is 5.75 Å². The molecule has 6 heteroatoms. The Labute approximate surface area is 182 Å². The van der Waals surface area contributed by atoms with Crippen LogP contribution in [0.3, 0.4) is 0 Å². The maximum absolute atomic E-state index is 11.6. The van der Waals surface area contributed by atoms with Crippen LogP contribution in [0.1, 0.15) is 55.7 Å². The summed E-state index contributed by atoms with van der Waals surface area (Å²) < 4.78 is 10.5. The molecule has 0 N–H and O–H groups in total. The molecule has 0 radical (unpaired) electrons. The van der Waals surface area contributed by atoms with Crippen molar-refractivity contribution in [3.8, 4) is 11.8 Å². The normalized spacial score (nSPS) is 16.2. The van der Waals surface area contributed by atoms with Gasteiger partial charge < -0.3 is 9.47 Å². The zero-order valence-corrected chi connectivity index (χ0v) is 18.8. The van der Waals surface area contributed by atoms with Gasteiger partial charge in [-0.05, 0) is 55.2 Å². The highest BCUT2D eigenvalue weighted by molar-refractivity contribution is 7.16. The Kier molecular flexibility index (Phi) is 6.94. The Bertz CT molecular complexity index is 979. The lowest BCUT2D eigenvalue weighted by Crippen LogP contribution is -2.26. The number of carbonyl (C=O) groups is 1. The highest BCUT2D eigenvalue weighted by Crippen LogP contribution is 2.44. The van der Waals surface area contributed by atoms with Crippen LogP contribution in [0, 0.1) is 22.7 Å². The standard InChI is InChI=1S/C24H28N2O3S/c1-5-28-22(27)15-29-20-9-7-6-8-16(20)14-26-23-19(13-25)18-11-10-17(24(2,3)4)12-21(18)30-23/h6-9,14,17H,5,10-12,15H2,1-4H3/t17-/m0/s1. The second-order valence-electron chi connectivity index (χ2n) is 8.49. The van der Waals surface area contributed by atoms with E-state index >= 15 is 0 Å². The van der Waals surface area contributed by atoms with E-state index < -0.39 is 5.97 Å². The fourth-order valence-electron chi connectivity index (χ4n) is 3.70. The van der Waals surface area contributed by atoms with Crippen molar-refractivity contribution in [2.24, 2.45) is 16.3 Å². The maximum atomic E-state index is 11.6. The van der Waals surface area contributed by atoms with Crippen LogP contribution in [0.4, 0.5) is 5.00 Å². The van der Waals surface area contributed by atoms with Crippen molar-refractivity contribution in [3.05, 3.63) is 45.8 Å². The Morgan fingerprint density at radius 2 is 2.13 bits per heavy atom. The van der Waals surface area contributed by atoms with Gasteiger partial charge in [0.25, 0.3) is 0 Å². The summed E-state index contributed by atoms with van der Waals surface area (Å²) in [6, 6.07) is 9.76.